The van der Waals surface area contributed by atoms with Crippen molar-refractivity contribution in [1.82, 2.24) is 19.9 Å². The third kappa shape index (κ3) is 9.38. The Morgan fingerprint density at radius 3 is 2.24 bits per heavy atom. The highest BCUT2D eigenvalue weighted by atomic mass is 16.7. The van der Waals surface area contributed by atoms with Crippen LogP contribution in [0.3, 0.4) is 0 Å². The Morgan fingerprint density at radius 2 is 1.54 bits per heavy atom. The second-order valence-corrected chi connectivity index (χ2v) is 21.8. The molecule has 4 N–H and O–H groups in total. The number of allylic oxidation sites excluding steroid dienone is 2. The molecule has 20 nitrogen and oxygen atoms in total. The molecule has 5 heterocycles. The van der Waals surface area contributed by atoms with Gasteiger partial charge in [0.15, 0.2) is 24.7 Å². The van der Waals surface area contributed by atoms with Gasteiger partial charge < -0.3 is 58.3 Å². The van der Waals surface area contributed by atoms with Crippen molar-refractivity contribution in [2.24, 2.45) is 35.0 Å². The number of carbonyl (C=O) groups excluding carboxylic acids is 4. The van der Waals surface area contributed by atoms with Crippen molar-refractivity contribution in [3.63, 3.8) is 0 Å². The Hall–Kier alpha value is -3.86. The molecule has 1 aromatic heterocycles. The number of likely N-dealkylation sites (tertiary alicyclic amines) is 1. The van der Waals surface area contributed by atoms with Crippen LogP contribution < -0.4 is 0 Å². The van der Waals surface area contributed by atoms with Gasteiger partial charge in [-0.15, -0.1) is 5.10 Å². The normalized spacial score (nSPS) is 43.6. The fourth-order valence-electron chi connectivity index (χ4n) is 14.1. The second kappa shape index (κ2) is 19.9. The molecule has 20 heteroatoms. The summed E-state index contributed by atoms with van der Waals surface area (Å²) >= 11 is 0. The van der Waals surface area contributed by atoms with Crippen LogP contribution in [0.15, 0.2) is 29.0 Å². The highest BCUT2D eigenvalue weighted by molar-refractivity contribution is 5.67. The lowest BCUT2D eigenvalue weighted by molar-refractivity contribution is -0.348. The summed E-state index contributed by atoms with van der Waals surface area (Å²) < 4.78 is 48.7. The maximum atomic E-state index is 12.7. The first-order valence-electron chi connectivity index (χ1n) is 25.2. The first-order valence-corrected chi connectivity index (χ1v) is 25.2. The van der Waals surface area contributed by atoms with Crippen molar-refractivity contribution in [3.8, 4) is 0 Å². The monoisotopic (exact) mass is 984 g/mol. The summed E-state index contributed by atoms with van der Waals surface area (Å²) in [5, 5.41) is 53.6. The second-order valence-electron chi connectivity index (χ2n) is 21.8. The lowest BCUT2D eigenvalue weighted by Gasteiger charge is -2.49. The van der Waals surface area contributed by atoms with E-state index in [1.54, 1.807) is 11.8 Å². The molecule has 8 aliphatic rings. The minimum absolute atomic E-state index is 0.00856. The molecular formula is C50H72N4O16. The van der Waals surface area contributed by atoms with Crippen LogP contribution in [-0.4, -0.2) is 163 Å². The van der Waals surface area contributed by atoms with Gasteiger partial charge in [-0.1, -0.05) is 43.2 Å². The number of carbonyl (C=O) groups is 4. The number of fused-ring (bicyclic) bond motifs is 6. The van der Waals surface area contributed by atoms with Crippen molar-refractivity contribution in [2.75, 3.05) is 19.8 Å². The van der Waals surface area contributed by atoms with Gasteiger partial charge >= 0.3 is 23.9 Å². The number of aliphatic hydroxyl groups excluding tert-OH is 4. The molecule has 70 heavy (non-hydrogen) atoms. The fraction of sp³-hybridized carbons (Fsp3) is 0.800. The highest BCUT2D eigenvalue weighted by Crippen LogP contribution is 2.65. The zero-order chi connectivity index (χ0) is 50.1. The molecule has 4 aliphatic carbocycles. The largest absolute Gasteiger partial charge is 0.463 e. The number of piperidine rings is 1. The van der Waals surface area contributed by atoms with Gasteiger partial charge in [-0.05, 0) is 93.0 Å². The smallest absolute Gasteiger partial charge is 0.303 e. The standard InChI is InChI=1S/C50H72N4O16/c1-23-15-37-40(25(3)50(70-37)14-12-33-34-10-9-30-16-32(59)11-13-49(30,8)36(34)17-35(33)24(50)2)53(18-23)19-31-20-54(52-51-31)47-45(65-28(6)57)43(62)44(39(67-47)22-64-27(5)56)69-48-46(66-29(7)58)42(61)41(60)38(68-48)21-63-26(4)55/h9,20,23,25,32-34,36-48,59-62H,10-19,21-22H2,1-8H3/t23-,25+,32-,33-,34-,36-,37+,38?,39?,40-,41+,42?,43?,44+,45-,46-,47+,48-,49-,50-/m0/s1. The van der Waals surface area contributed by atoms with Crippen LogP contribution in [0.4, 0.5) is 0 Å². The third-order valence-corrected chi connectivity index (χ3v) is 17.4. The quantitative estimate of drug-likeness (QED) is 0.141. The number of hydrogen-bond donors (Lipinski definition) is 4. The van der Waals surface area contributed by atoms with Gasteiger partial charge in [-0.2, -0.15) is 0 Å². The Balaban J connectivity index is 0.948. The van der Waals surface area contributed by atoms with Gasteiger partial charge in [0.2, 0.25) is 0 Å². The van der Waals surface area contributed by atoms with Gasteiger partial charge in [0.25, 0.3) is 0 Å². The Labute approximate surface area is 408 Å². The van der Waals surface area contributed by atoms with Crippen LogP contribution in [0.25, 0.3) is 0 Å². The van der Waals surface area contributed by atoms with Gasteiger partial charge in [0, 0.05) is 52.7 Å². The molecule has 0 amide bonds. The molecule has 4 aliphatic heterocycles. The number of aliphatic hydroxyl groups is 4. The summed E-state index contributed by atoms with van der Waals surface area (Å²) in [4.78, 5) is 51.1. The van der Waals surface area contributed by atoms with Gasteiger partial charge in [0.05, 0.1) is 29.7 Å². The number of ether oxygens (including phenoxy) is 8. The topological polar surface area (TPSA) is 257 Å². The molecule has 9 rings (SSSR count). The predicted octanol–water partition coefficient (Wildman–Crippen LogP) is 2.59. The molecule has 388 valence electrons. The first-order chi connectivity index (χ1) is 33.2. The van der Waals surface area contributed by atoms with E-state index in [1.165, 1.54) is 22.8 Å². The van der Waals surface area contributed by atoms with Crippen molar-refractivity contribution >= 4 is 23.9 Å². The number of hydrogen-bond acceptors (Lipinski definition) is 19. The lowest BCUT2D eigenvalue weighted by Crippen LogP contribution is -2.65. The summed E-state index contributed by atoms with van der Waals surface area (Å²) in [5.74, 6) is -0.740. The SMILES string of the molecule is CC(=O)OCC1O[C@@H](O[C@@H]2C(COC(C)=O)O[C@@H](n3cc(CN4C[C@@H](C)C[C@H]5O[C@]6(CC[C@@H]7C(=C6C)C[C@H]6[C@H]7CC=C7C[C@@H](O)CC[C@@]76C)[C@H](C)[C@@H]54)nn3)[C@@H](OC(C)=O)C2O)[C@@H](OC(C)=O)C(O)[C@@H]1O. The van der Waals surface area contributed by atoms with Crippen molar-refractivity contribution in [2.45, 2.75) is 199 Å². The van der Waals surface area contributed by atoms with Crippen LogP contribution in [0, 0.1) is 35.0 Å². The fourth-order valence-corrected chi connectivity index (χ4v) is 14.1. The molecular weight excluding hydrogens is 913 g/mol. The maximum Gasteiger partial charge on any atom is 0.303 e. The predicted molar refractivity (Wildman–Crippen MR) is 242 cm³/mol. The number of esters is 4. The van der Waals surface area contributed by atoms with E-state index in [1.807, 2.05) is 0 Å². The molecule has 6 fully saturated rings. The summed E-state index contributed by atoms with van der Waals surface area (Å²) in [5.41, 5.74) is 4.82. The molecule has 1 spiro atoms. The molecule has 0 bridgehead atoms. The Bertz CT molecular complexity index is 2220. The molecule has 4 saturated heterocycles. The van der Waals surface area contributed by atoms with E-state index in [4.69, 9.17) is 37.9 Å². The first kappa shape index (κ1) is 51.1. The van der Waals surface area contributed by atoms with Crippen molar-refractivity contribution in [1.29, 1.82) is 0 Å². The average Bonchev–Trinajstić information content (AvgIpc) is 4.00. The van der Waals surface area contributed by atoms with Crippen LogP contribution in [-0.2, 0) is 63.6 Å². The third-order valence-electron chi connectivity index (χ3n) is 17.4. The van der Waals surface area contributed by atoms with Crippen molar-refractivity contribution in [3.05, 3.63) is 34.7 Å². The number of rotatable bonds is 11. The van der Waals surface area contributed by atoms with E-state index < -0.39 is 98.4 Å². The van der Waals surface area contributed by atoms with Crippen molar-refractivity contribution < 1.29 is 77.5 Å². The summed E-state index contributed by atoms with van der Waals surface area (Å²) in [6.07, 6.45) is -3.87. The van der Waals surface area contributed by atoms with E-state index >= 15 is 0 Å². The number of nitrogens with zero attached hydrogens (tertiary/aromatic N) is 4. The highest BCUT2D eigenvalue weighted by Gasteiger charge is 2.62. The van der Waals surface area contributed by atoms with Crippen LogP contribution >= 0.6 is 0 Å². The van der Waals surface area contributed by atoms with Crippen LogP contribution in [0.5, 0.6) is 0 Å². The molecule has 2 saturated carbocycles. The molecule has 0 aromatic carbocycles. The number of aromatic nitrogens is 3. The minimum atomic E-state index is -1.80. The minimum Gasteiger partial charge on any atom is -0.463 e. The molecule has 1 aromatic rings. The summed E-state index contributed by atoms with van der Waals surface area (Å²) in [6, 6.07) is 0.0985. The van der Waals surface area contributed by atoms with Gasteiger partial charge in [-0.3, -0.25) is 24.1 Å². The zero-order valence-electron chi connectivity index (χ0n) is 41.5. The van der Waals surface area contributed by atoms with Crippen LogP contribution in [0.1, 0.15) is 119 Å². The molecule has 4 unspecified atom stereocenters. The lowest BCUT2D eigenvalue weighted by atomic mass is 9.56. The summed E-state index contributed by atoms with van der Waals surface area (Å²) in [7, 11) is 0. The van der Waals surface area contributed by atoms with Crippen LogP contribution in [0.2, 0.25) is 0 Å². The van der Waals surface area contributed by atoms with E-state index in [0.29, 0.717) is 35.9 Å². The Kier molecular flexibility index (Phi) is 14.5. The molecule has 20 atom stereocenters. The average molecular weight is 985 g/mol. The summed E-state index contributed by atoms with van der Waals surface area (Å²) in [6.45, 7) is 14.2. The van der Waals surface area contributed by atoms with E-state index in [9.17, 15) is 39.6 Å². The van der Waals surface area contributed by atoms with E-state index in [-0.39, 0.29) is 35.2 Å². The maximum absolute atomic E-state index is 12.7. The molecule has 0 radical (unpaired) electrons. The van der Waals surface area contributed by atoms with E-state index in [2.05, 4.69) is 49.0 Å². The Morgan fingerprint density at radius 1 is 0.843 bits per heavy atom. The van der Waals surface area contributed by atoms with Gasteiger partial charge in [-0.25, -0.2) is 4.68 Å². The van der Waals surface area contributed by atoms with E-state index in [0.717, 1.165) is 78.7 Å². The van der Waals surface area contributed by atoms with Gasteiger partial charge in [0.1, 0.15) is 49.8 Å². The zero-order valence-corrected chi connectivity index (χ0v) is 41.5.